The van der Waals surface area contributed by atoms with Gasteiger partial charge in [0.25, 0.3) is 0 Å². The van der Waals surface area contributed by atoms with Crippen molar-refractivity contribution in [3.8, 4) is 0 Å². The maximum Gasteiger partial charge on any atom is 0.216 e. The minimum atomic E-state index is -1.23. The molecular formula is C11H19N5O5. The summed E-state index contributed by atoms with van der Waals surface area (Å²) >= 11 is 0. The van der Waals surface area contributed by atoms with E-state index in [1.165, 1.54) is 11.0 Å². The van der Waals surface area contributed by atoms with Crippen LogP contribution in [0.2, 0.25) is 0 Å². The molecule has 0 bridgehead atoms. The predicted molar refractivity (Wildman–Crippen MR) is 69.7 cm³/mol. The van der Waals surface area contributed by atoms with Crippen molar-refractivity contribution >= 4 is 5.84 Å². The summed E-state index contributed by atoms with van der Waals surface area (Å²) in [6, 6.07) is 0. The van der Waals surface area contributed by atoms with Crippen LogP contribution >= 0.6 is 0 Å². The van der Waals surface area contributed by atoms with Crippen molar-refractivity contribution < 1.29 is 24.8 Å². The van der Waals surface area contributed by atoms with Crippen LogP contribution in [0.3, 0.4) is 0 Å². The first-order valence-electron chi connectivity index (χ1n) is 6.43. The molecule has 0 radical (unpaired) electrons. The van der Waals surface area contributed by atoms with Gasteiger partial charge < -0.3 is 30.1 Å². The monoisotopic (exact) mass is 301 g/mol. The first kappa shape index (κ1) is 15.8. The van der Waals surface area contributed by atoms with E-state index in [0.29, 0.717) is 13.2 Å². The zero-order valence-corrected chi connectivity index (χ0v) is 11.5. The zero-order valence-electron chi connectivity index (χ0n) is 11.5. The molecule has 2 heterocycles. The average Bonchev–Trinajstić information content (AvgIpc) is 3.06. The minimum Gasteiger partial charge on any atom is -0.394 e. The van der Waals surface area contributed by atoms with Gasteiger partial charge in [0.1, 0.15) is 24.6 Å². The lowest BCUT2D eigenvalue weighted by atomic mass is 10.1. The molecule has 1 saturated heterocycles. The third kappa shape index (κ3) is 3.36. The highest BCUT2D eigenvalue weighted by atomic mass is 16.6. The normalized spacial score (nSPS) is 28.8. The number of methoxy groups -OCH3 is 1. The molecule has 1 aromatic heterocycles. The van der Waals surface area contributed by atoms with Crippen molar-refractivity contribution in [3.05, 3.63) is 12.2 Å². The Morgan fingerprint density at radius 1 is 1.52 bits per heavy atom. The van der Waals surface area contributed by atoms with Crippen molar-refractivity contribution in [2.24, 2.45) is 0 Å². The van der Waals surface area contributed by atoms with E-state index in [1.807, 2.05) is 0 Å². The topological polar surface area (TPSA) is 146 Å². The lowest BCUT2D eigenvalue weighted by Gasteiger charge is -2.13. The molecule has 10 heteroatoms. The fourth-order valence-corrected chi connectivity index (χ4v) is 1.97. The number of ether oxygens (including phenoxy) is 2. The van der Waals surface area contributed by atoms with Crippen LogP contribution in [-0.2, 0) is 9.47 Å². The van der Waals surface area contributed by atoms with Crippen molar-refractivity contribution in [1.29, 1.82) is 5.41 Å². The van der Waals surface area contributed by atoms with Gasteiger partial charge in [-0.1, -0.05) is 0 Å². The van der Waals surface area contributed by atoms with Crippen LogP contribution in [-0.4, -0.2) is 81.1 Å². The number of aromatic nitrogens is 3. The Bertz CT molecular complexity index is 481. The molecule has 1 aliphatic rings. The summed E-state index contributed by atoms with van der Waals surface area (Å²) in [5.74, 6) is 0.140. The first-order chi connectivity index (χ1) is 10.1. The number of hydrogen-bond acceptors (Lipinski definition) is 8. The van der Waals surface area contributed by atoms with Crippen LogP contribution in [0.1, 0.15) is 12.1 Å². The molecule has 1 aliphatic heterocycles. The Hall–Kier alpha value is -1.59. The fourth-order valence-electron chi connectivity index (χ4n) is 1.97. The highest BCUT2D eigenvalue weighted by molar-refractivity contribution is 5.92. The molecule has 21 heavy (non-hydrogen) atoms. The van der Waals surface area contributed by atoms with Gasteiger partial charge in [0.2, 0.25) is 5.82 Å². The van der Waals surface area contributed by atoms with E-state index in [2.05, 4.69) is 15.4 Å². The largest absolute Gasteiger partial charge is 0.394 e. The lowest BCUT2D eigenvalue weighted by molar-refractivity contribution is -0.0588. The molecule has 0 saturated carbocycles. The quantitative estimate of drug-likeness (QED) is 0.219. The van der Waals surface area contributed by atoms with Crippen LogP contribution in [0.5, 0.6) is 0 Å². The van der Waals surface area contributed by atoms with Gasteiger partial charge in [-0.15, -0.1) is 5.10 Å². The molecule has 4 atom stereocenters. The van der Waals surface area contributed by atoms with E-state index in [-0.39, 0.29) is 11.7 Å². The number of nitrogens with one attached hydrogen (secondary N) is 2. The molecule has 0 amide bonds. The van der Waals surface area contributed by atoms with E-state index >= 15 is 0 Å². The van der Waals surface area contributed by atoms with Gasteiger partial charge in [0, 0.05) is 13.7 Å². The molecule has 0 aliphatic carbocycles. The first-order valence-corrected chi connectivity index (χ1v) is 6.43. The van der Waals surface area contributed by atoms with Gasteiger partial charge in [0.05, 0.1) is 13.2 Å². The van der Waals surface area contributed by atoms with Crippen molar-refractivity contribution in [1.82, 2.24) is 20.1 Å². The van der Waals surface area contributed by atoms with Gasteiger partial charge in [-0.25, -0.2) is 9.67 Å². The second-order valence-corrected chi connectivity index (χ2v) is 4.57. The Morgan fingerprint density at radius 2 is 2.29 bits per heavy atom. The summed E-state index contributed by atoms with van der Waals surface area (Å²) in [5.41, 5.74) is 0. The summed E-state index contributed by atoms with van der Waals surface area (Å²) < 4.78 is 11.4. The smallest absolute Gasteiger partial charge is 0.216 e. The minimum absolute atomic E-state index is 0.0116. The average molecular weight is 301 g/mol. The van der Waals surface area contributed by atoms with Crippen LogP contribution in [0.15, 0.2) is 6.33 Å². The maximum absolute atomic E-state index is 9.87. The molecule has 2 rings (SSSR count). The molecule has 1 fully saturated rings. The van der Waals surface area contributed by atoms with Gasteiger partial charge in [-0.3, -0.25) is 5.41 Å². The number of nitrogens with zero attached hydrogens (tertiary/aromatic N) is 3. The van der Waals surface area contributed by atoms with E-state index in [0.717, 1.165) is 0 Å². The molecule has 0 aromatic carbocycles. The molecule has 1 aromatic rings. The third-order valence-electron chi connectivity index (χ3n) is 3.12. The molecule has 10 nitrogen and oxygen atoms in total. The van der Waals surface area contributed by atoms with E-state index in [1.54, 1.807) is 7.11 Å². The number of aliphatic hydroxyl groups excluding tert-OH is 3. The Labute approximate surface area is 120 Å². The second-order valence-electron chi connectivity index (χ2n) is 4.57. The van der Waals surface area contributed by atoms with Gasteiger partial charge in [-0.05, 0) is 0 Å². The summed E-state index contributed by atoms with van der Waals surface area (Å²) in [6.07, 6.45) is -2.97. The third-order valence-corrected chi connectivity index (χ3v) is 3.12. The van der Waals surface area contributed by atoms with E-state index < -0.39 is 31.1 Å². The fraction of sp³-hybridized carbons (Fsp3) is 0.727. The van der Waals surface area contributed by atoms with Crippen LogP contribution in [0.4, 0.5) is 0 Å². The van der Waals surface area contributed by atoms with Crippen molar-refractivity contribution in [2.75, 3.05) is 26.9 Å². The Kier molecular flexibility index (Phi) is 5.20. The summed E-state index contributed by atoms with van der Waals surface area (Å²) in [7, 11) is 1.56. The molecular weight excluding hydrogens is 282 g/mol. The number of amidine groups is 1. The SMILES string of the molecule is COCCNC(=N)c1ncn([C@@H]2O[C@H](CO)C(O)[C@@H]2O)n1. The van der Waals surface area contributed by atoms with Gasteiger partial charge >= 0.3 is 0 Å². The Balaban J connectivity index is 2.01. The predicted octanol–water partition coefficient (Wildman–Crippen LogP) is -2.55. The molecule has 1 unspecified atom stereocenters. The van der Waals surface area contributed by atoms with E-state index in [9.17, 15) is 10.2 Å². The van der Waals surface area contributed by atoms with Crippen molar-refractivity contribution in [3.63, 3.8) is 0 Å². The Morgan fingerprint density at radius 3 is 2.90 bits per heavy atom. The number of rotatable bonds is 6. The van der Waals surface area contributed by atoms with E-state index in [4.69, 9.17) is 20.0 Å². The van der Waals surface area contributed by atoms with Gasteiger partial charge in [0.15, 0.2) is 12.1 Å². The molecule has 118 valence electrons. The lowest BCUT2D eigenvalue weighted by Crippen LogP contribution is -2.33. The highest BCUT2D eigenvalue weighted by Crippen LogP contribution is 2.28. The molecule has 5 N–H and O–H groups in total. The van der Waals surface area contributed by atoms with Crippen molar-refractivity contribution in [2.45, 2.75) is 24.5 Å². The zero-order chi connectivity index (χ0) is 15.4. The second kappa shape index (κ2) is 6.91. The molecule has 0 spiro atoms. The number of hydrogen-bond donors (Lipinski definition) is 5. The summed E-state index contributed by atoms with van der Waals surface area (Å²) in [4.78, 5) is 3.94. The standard InChI is InChI=1S/C11H19N5O5/c1-20-3-2-13-9(12)10-14-5-16(15-10)11-8(19)7(18)6(4-17)21-11/h5-8,11,17-19H,2-4H2,1H3,(H2,12,13)/t6-,7?,8+,11-/m1/s1. The van der Waals surface area contributed by atoms with Crippen LogP contribution in [0.25, 0.3) is 0 Å². The van der Waals surface area contributed by atoms with Crippen LogP contribution in [0, 0.1) is 5.41 Å². The number of aliphatic hydroxyl groups is 3. The van der Waals surface area contributed by atoms with Crippen LogP contribution < -0.4 is 5.32 Å². The summed E-state index contributed by atoms with van der Waals surface area (Å²) in [6.45, 7) is 0.473. The maximum atomic E-state index is 9.87. The highest BCUT2D eigenvalue weighted by Gasteiger charge is 2.43. The summed E-state index contributed by atoms with van der Waals surface area (Å²) in [5, 5.41) is 43.1. The van der Waals surface area contributed by atoms with Gasteiger partial charge in [-0.2, -0.15) is 0 Å².